The van der Waals surface area contributed by atoms with Crippen molar-refractivity contribution in [2.24, 2.45) is 4.99 Å². The van der Waals surface area contributed by atoms with Gasteiger partial charge in [0, 0.05) is 6.54 Å². The minimum Gasteiger partial charge on any atom is -0.465 e. The minimum atomic E-state index is -0.403. The number of nitrogens with zero attached hydrogens (tertiary/aromatic N) is 2. The van der Waals surface area contributed by atoms with E-state index in [0.29, 0.717) is 34.0 Å². The largest absolute Gasteiger partial charge is 0.465 e. The number of hydrogen-bond donors (Lipinski definition) is 0. The molecule has 1 amide bonds. The second kappa shape index (κ2) is 8.97. The Morgan fingerprint density at radius 3 is 2.48 bits per heavy atom. The van der Waals surface area contributed by atoms with Crippen LogP contribution in [0.2, 0.25) is 0 Å². The Bertz CT molecular complexity index is 1320. The fraction of sp³-hybridized carbons (Fsp3) is 0.125. The number of thiazole rings is 1. The lowest BCUT2D eigenvalue weighted by atomic mass is 10.2. The number of ether oxygens (including phenoxy) is 2. The molecule has 0 radical (unpaired) electrons. The summed E-state index contributed by atoms with van der Waals surface area (Å²) >= 11 is 1.35. The van der Waals surface area contributed by atoms with Gasteiger partial charge in [-0.1, -0.05) is 41.7 Å². The van der Waals surface area contributed by atoms with E-state index in [0.717, 1.165) is 10.2 Å². The summed E-state index contributed by atoms with van der Waals surface area (Å²) in [7, 11) is 1.35. The molecule has 6 nitrogen and oxygen atoms in total. The SMILES string of the molecule is CCn1c(=NC(=O)c2ccccc2Oc2ccccc2)sc2cc(C(=O)OC)ccc21. The van der Waals surface area contributed by atoms with E-state index in [-0.39, 0.29) is 0 Å². The molecular formula is C24H20N2O4S. The topological polar surface area (TPSA) is 69.9 Å². The smallest absolute Gasteiger partial charge is 0.337 e. The minimum absolute atomic E-state index is 0.377. The third-order valence-corrected chi connectivity index (χ3v) is 5.75. The number of aromatic nitrogens is 1. The van der Waals surface area contributed by atoms with Crippen LogP contribution in [0.3, 0.4) is 0 Å². The Labute approximate surface area is 183 Å². The average molecular weight is 433 g/mol. The number of methoxy groups -OCH3 is 1. The number of para-hydroxylation sites is 2. The van der Waals surface area contributed by atoms with Gasteiger partial charge < -0.3 is 14.0 Å². The van der Waals surface area contributed by atoms with Gasteiger partial charge in [-0.25, -0.2) is 4.79 Å². The van der Waals surface area contributed by atoms with E-state index >= 15 is 0 Å². The number of fused-ring (bicyclic) bond motifs is 1. The highest BCUT2D eigenvalue weighted by Gasteiger charge is 2.15. The van der Waals surface area contributed by atoms with Crippen LogP contribution in [0, 0.1) is 0 Å². The molecule has 1 heterocycles. The number of carbonyl (C=O) groups excluding carboxylic acids is 2. The number of rotatable bonds is 5. The van der Waals surface area contributed by atoms with E-state index < -0.39 is 11.9 Å². The van der Waals surface area contributed by atoms with Gasteiger partial charge in [-0.15, -0.1) is 0 Å². The van der Waals surface area contributed by atoms with Crippen LogP contribution in [0.4, 0.5) is 0 Å². The zero-order valence-electron chi connectivity index (χ0n) is 17.1. The highest BCUT2D eigenvalue weighted by atomic mass is 32.1. The summed E-state index contributed by atoms with van der Waals surface area (Å²) in [6, 6.07) is 21.6. The Morgan fingerprint density at radius 2 is 1.74 bits per heavy atom. The molecule has 0 aliphatic carbocycles. The monoisotopic (exact) mass is 432 g/mol. The molecule has 31 heavy (non-hydrogen) atoms. The lowest BCUT2D eigenvalue weighted by molar-refractivity contribution is 0.0600. The van der Waals surface area contributed by atoms with E-state index in [1.54, 1.807) is 30.3 Å². The molecule has 0 fully saturated rings. The third kappa shape index (κ3) is 4.27. The van der Waals surface area contributed by atoms with Crippen molar-refractivity contribution in [1.82, 2.24) is 4.57 Å². The van der Waals surface area contributed by atoms with Crippen LogP contribution in [-0.2, 0) is 11.3 Å². The second-order valence-corrected chi connectivity index (χ2v) is 7.64. The molecule has 0 saturated carbocycles. The summed E-state index contributed by atoms with van der Waals surface area (Å²) < 4.78 is 13.5. The van der Waals surface area contributed by atoms with Gasteiger partial charge in [0.1, 0.15) is 11.5 Å². The van der Waals surface area contributed by atoms with Gasteiger partial charge in [-0.3, -0.25) is 4.79 Å². The predicted octanol–water partition coefficient (Wildman–Crippen LogP) is 5.04. The zero-order chi connectivity index (χ0) is 21.8. The van der Waals surface area contributed by atoms with Crippen molar-refractivity contribution in [3.05, 3.63) is 88.7 Å². The molecule has 0 spiro atoms. The summed E-state index contributed by atoms with van der Waals surface area (Å²) in [4.78, 5) is 29.9. The van der Waals surface area contributed by atoms with Gasteiger partial charge in [0.25, 0.3) is 5.91 Å². The molecule has 1 aromatic heterocycles. The van der Waals surface area contributed by atoms with E-state index in [2.05, 4.69) is 4.99 Å². The molecule has 0 unspecified atom stereocenters. The van der Waals surface area contributed by atoms with Gasteiger partial charge in [0.15, 0.2) is 4.80 Å². The Balaban J connectivity index is 1.75. The van der Waals surface area contributed by atoms with Gasteiger partial charge in [0.05, 0.1) is 28.5 Å². The maximum absolute atomic E-state index is 13.1. The van der Waals surface area contributed by atoms with Crippen LogP contribution in [0.25, 0.3) is 10.2 Å². The van der Waals surface area contributed by atoms with Gasteiger partial charge in [0.2, 0.25) is 0 Å². The Hall–Kier alpha value is -3.71. The standard InChI is InChI=1S/C24H20N2O4S/c1-3-26-19-14-13-16(23(28)29-2)15-21(19)31-24(26)25-22(27)18-11-7-8-12-20(18)30-17-9-5-4-6-10-17/h4-15H,3H2,1-2H3. The van der Waals surface area contributed by atoms with Crippen molar-refractivity contribution < 1.29 is 19.1 Å². The third-order valence-electron chi connectivity index (χ3n) is 4.71. The summed E-state index contributed by atoms with van der Waals surface area (Å²) in [5.74, 6) is 0.288. The molecule has 0 aliphatic rings. The molecule has 0 atom stereocenters. The van der Waals surface area contributed by atoms with Crippen molar-refractivity contribution in [2.75, 3.05) is 7.11 Å². The molecule has 0 saturated heterocycles. The maximum atomic E-state index is 13.1. The Kier molecular flexibility index (Phi) is 5.95. The van der Waals surface area contributed by atoms with E-state index in [9.17, 15) is 9.59 Å². The van der Waals surface area contributed by atoms with Crippen molar-refractivity contribution in [3.63, 3.8) is 0 Å². The van der Waals surface area contributed by atoms with Crippen molar-refractivity contribution in [1.29, 1.82) is 0 Å². The van der Waals surface area contributed by atoms with E-state index in [1.165, 1.54) is 18.4 Å². The summed E-state index contributed by atoms with van der Waals surface area (Å²) in [6.07, 6.45) is 0. The molecule has 0 bridgehead atoms. The first kappa shape index (κ1) is 20.6. The van der Waals surface area contributed by atoms with Gasteiger partial charge in [-0.2, -0.15) is 4.99 Å². The van der Waals surface area contributed by atoms with Crippen molar-refractivity contribution in [3.8, 4) is 11.5 Å². The normalized spacial score (nSPS) is 11.5. The van der Waals surface area contributed by atoms with Crippen LogP contribution < -0.4 is 9.54 Å². The molecule has 3 aromatic carbocycles. The first-order valence-electron chi connectivity index (χ1n) is 9.73. The molecule has 4 aromatic rings. The van der Waals surface area contributed by atoms with Crippen molar-refractivity contribution >= 4 is 33.4 Å². The first-order chi connectivity index (χ1) is 15.1. The molecule has 156 valence electrons. The van der Waals surface area contributed by atoms with Crippen LogP contribution in [0.15, 0.2) is 77.8 Å². The first-order valence-corrected chi connectivity index (χ1v) is 10.5. The molecule has 7 heteroatoms. The number of hydrogen-bond acceptors (Lipinski definition) is 5. The highest BCUT2D eigenvalue weighted by molar-refractivity contribution is 7.16. The number of aryl methyl sites for hydroxylation is 1. The van der Waals surface area contributed by atoms with Crippen LogP contribution in [0.1, 0.15) is 27.6 Å². The zero-order valence-corrected chi connectivity index (χ0v) is 17.9. The maximum Gasteiger partial charge on any atom is 0.337 e. The molecule has 4 rings (SSSR count). The van der Waals surface area contributed by atoms with Crippen LogP contribution >= 0.6 is 11.3 Å². The highest BCUT2D eigenvalue weighted by Crippen LogP contribution is 2.26. The quantitative estimate of drug-likeness (QED) is 0.414. The van der Waals surface area contributed by atoms with Gasteiger partial charge in [-0.05, 0) is 49.4 Å². The average Bonchev–Trinajstić information content (AvgIpc) is 3.15. The summed E-state index contributed by atoms with van der Waals surface area (Å²) in [5.41, 5.74) is 1.74. The molecular weight excluding hydrogens is 412 g/mol. The lowest BCUT2D eigenvalue weighted by Crippen LogP contribution is -2.16. The summed E-state index contributed by atoms with van der Waals surface area (Å²) in [6.45, 7) is 2.61. The number of carbonyl (C=O) groups is 2. The van der Waals surface area contributed by atoms with E-state index in [4.69, 9.17) is 9.47 Å². The van der Waals surface area contributed by atoms with Crippen LogP contribution in [-0.4, -0.2) is 23.6 Å². The predicted molar refractivity (Wildman–Crippen MR) is 120 cm³/mol. The second-order valence-electron chi connectivity index (χ2n) is 6.63. The lowest BCUT2D eigenvalue weighted by Gasteiger charge is -2.08. The number of benzene rings is 3. The van der Waals surface area contributed by atoms with Crippen molar-refractivity contribution in [2.45, 2.75) is 13.5 Å². The summed E-state index contributed by atoms with van der Waals surface area (Å²) in [5, 5.41) is 0. The molecule has 0 N–H and O–H groups in total. The fourth-order valence-electron chi connectivity index (χ4n) is 3.20. The number of amides is 1. The van der Waals surface area contributed by atoms with Gasteiger partial charge >= 0.3 is 5.97 Å². The molecule has 0 aliphatic heterocycles. The Morgan fingerprint density at radius 1 is 1.00 bits per heavy atom. The fourth-order valence-corrected chi connectivity index (χ4v) is 4.34. The van der Waals surface area contributed by atoms with E-state index in [1.807, 2.05) is 54.0 Å². The van der Waals surface area contributed by atoms with Crippen LogP contribution in [0.5, 0.6) is 11.5 Å². The number of esters is 1.